The summed E-state index contributed by atoms with van der Waals surface area (Å²) in [4.78, 5) is 13.2. The molecular weight excluding hydrogens is 312 g/mol. The standard InChI is InChI=1S/C20H20N4O/c1-2-5-15(6-3-1)18-13-23-20(14-22-18)24-17-8-10-25-19(11-17)16-7-4-9-21-12-16/h1-7,9,12-14,17,19H,8,10-11H2,(H,23,24). The van der Waals surface area contributed by atoms with Gasteiger partial charge in [-0.25, -0.2) is 4.98 Å². The molecule has 2 aromatic heterocycles. The van der Waals surface area contributed by atoms with Gasteiger partial charge in [0.2, 0.25) is 0 Å². The molecule has 25 heavy (non-hydrogen) atoms. The van der Waals surface area contributed by atoms with Gasteiger partial charge in [-0.1, -0.05) is 36.4 Å². The van der Waals surface area contributed by atoms with Crippen molar-refractivity contribution in [3.05, 3.63) is 72.8 Å². The summed E-state index contributed by atoms with van der Waals surface area (Å²) in [7, 11) is 0. The second kappa shape index (κ2) is 7.40. The Labute approximate surface area is 147 Å². The summed E-state index contributed by atoms with van der Waals surface area (Å²) in [6.07, 6.45) is 9.21. The predicted molar refractivity (Wildman–Crippen MR) is 97.0 cm³/mol. The number of hydrogen-bond acceptors (Lipinski definition) is 5. The van der Waals surface area contributed by atoms with Crippen molar-refractivity contribution in [1.82, 2.24) is 15.0 Å². The average molecular weight is 332 g/mol. The minimum absolute atomic E-state index is 0.0801. The van der Waals surface area contributed by atoms with Gasteiger partial charge in [0.15, 0.2) is 0 Å². The van der Waals surface area contributed by atoms with Crippen molar-refractivity contribution in [2.45, 2.75) is 25.0 Å². The molecule has 3 aromatic rings. The second-order valence-corrected chi connectivity index (χ2v) is 6.16. The first-order chi connectivity index (χ1) is 12.4. The molecule has 2 atom stereocenters. The molecule has 126 valence electrons. The molecule has 0 bridgehead atoms. The van der Waals surface area contributed by atoms with E-state index in [0.717, 1.165) is 42.1 Å². The normalized spacial score (nSPS) is 20.2. The van der Waals surface area contributed by atoms with Crippen LogP contribution in [0.25, 0.3) is 11.3 Å². The maximum atomic E-state index is 5.89. The Bertz CT molecular complexity index is 793. The first-order valence-electron chi connectivity index (χ1n) is 8.54. The van der Waals surface area contributed by atoms with Crippen molar-refractivity contribution in [1.29, 1.82) is 0 Å². The Morgan fingerprint density at radius 3 is 2.64 bits per heavy atom. The monoisotopic (exact) mass is 332 g/mol. The van der Waals surface area contributed by atoms with Crippen LogP contribution in [0.4, 0.5) is 5.82 Å². The van der Waals surface area contributed by atoms with Crippen LogP contribution in [0.2, 0.25) is 0 Å². The van der Waals surface area contributed by atoms with Crippen LogP contribution in [0.3, 0.4) is 0 Å². The van der Waals surface area contributed by atoms with Gasteiger partial charge in [0.25, 0.3) is 0 Å². The number of rotatable bonds is 4. The van der Waals surface area contributed by atoms with Crippen molar-refractivity contribution in [3.8, 4) is 11.3 Å². The average Bonchev–Trinajstić information content (AvgIpc) is 2.70. The molecule has 4 rings (SSSR count). The molecule has 1 aromatic carbocycles. The van der Waals surface area contributed by atoms with Crippen LogP contribution in [0.1, 0.15) is 24.5 Å². The van der Waals surface area contributed by atoms with Gasteiger partial charge in [-0.2, -0.15) is 0 Å². The van der Waals surface area contributed by atoms with E-state index in [4.69, 9.17) is 4.74 Å². The molecule has 5 nitrogen and oxygen atoms in total. The summed E-state index contributed by atoms with van der Waals surface area (Å²) in [5, 5.41) is 3.49. The number of nitrogens with zero attached hydrogens (tertiary/aromatic N) is 3. The van der Waals surface area contributed by atoms with E-state index in [0.29, 0.717) is 6.04 Å². The Balaban J connectivity index is 1.42. The lowest BCUT2D eigenvalue weighted by molar-refractivity contribution is 0.00954. The van der Waals surface area contributed by atoms with Crippen LogP contribution in [0.15, 0.2) is 67.3 Å². The van der Waals surface area contributed by atoms with E-state index < -0.39 is 0 Å². The van der Waals surface area contributed by atoms with Gasteiger partial charge in [0.05, 0.1) is 24.2 Å². The van der Waals surface area contributed by atoms with E-state index in [1.54, 1.807) is 12.4 Å². The fourth-order valence-electron chi connectivity index (χ4n) is 3.10. The lowest BCUT2D eigenvalue weighted by Crippen LogP contribution is -2.30. The molecule has 1 saturated heterocycles. The first kappa shape index (κ1) is 15.7. The van der Waals surface area contributed by atoms with Crippen molar-refractivity contribution in [2.24, 2.45) is 0 Å². The van der Waals surface area contributed by atoms with Gasteiger partial charge in [-0.15, -0.1) is 0 Å². The van der Waals surface area contributed by atoms with Crippen LogP contribution in [0, 0.1) is 0 Å². The predicted octanol–water partition coefficient (Wildman–Crippen LogP) is 3.87. The van der Waals surface area contributed by atoms with E-state index in [1.165, 1.54) is 0 Å². The number of anilines is 1. The van der Waals surface area contributed by atoms with Gasteiger partial charge < -0.3 is 10.1 Å². The SMILES string of the molecule is c1ccc(-c2cnc(NC3CCOC(c4cccnc4)C3)cn2)cc1. The van der Waals surface area contributed by atoms with Gasteiger partial charge in [-0.05, 0) is 24.5 Å². The van der Waals surface area contributed by atoms with E-state index in [9.17, 15) is 0 Å². The third kappa shape index (κ3) is 3.83. The van der Waals surface area contributed by atoms with Crippen LogP contribution in [-0.2, 0) is 4.74 Å². The smallest absolute Gasteiger partial charge is 0.144 e. The number of benzene rings is 1. The molecule has 0 spiro atoms. The molecule has 0 radical (unpaired) electrons. The summed E-state index contributed by atoms with van der Waals surface area (Å²) < 4.78 is 5.89. The van der Waals surface area contributed by atoms with Crippen molar-refractivity contribution < 1.29 is 4.74 Å². The molecule has 1 fully saturated rings. The molecule has 3 heterocycles. The highest BCUT2D eigenvalue weighted by molar-refractivity contribution is 5.58. The van der Waals surface area contributed by atoms with E-state index in [-0.39, 0.29) is 6.10 Å². The highest BCUT2D eigenvalue weighted by Crippen LogP contribution is 2.29. The fraction of sp³-hybridized carbons (Fsp3) is 0.250. The van der Waals surface area contributed by atoms with Crippen LogP contribution < -0.4 is 5.32 Å². The van der Waals surface area contributed by atoms with Gasteiger partial charge >= 0.3 is 0 Å². The molecular formula is C20H20N4O. The molecule has 0 saturated carbocycles. The molecule has 1 aliphatic heterocycles. The van der Waals surface area contributed by atoms with Crippen LogP contribution in [0.5, 0.6) is 0 Å². The number of ether oxygens (including phenoxy) is 1. The Morgan fingerprint density at radius 2 is 1.88 bits per heavy atom. The topological polar surface area (TPSA) is 59.9 Å². The van der Waals surface area contributed by atoms with E-state index in [1.807, 2.05) is 48.8 Å². The number of pyridine rings is 1. The molecule has 1 N–H and O–H groups in total. The molecule has 2 unspecified atom stereocenters. The zero-order chi connectivity index (χ0) is 16.9. The summed E-state index contributed by atoms with van der Waals surface area (Å²) in [5.41, 5.74) is 3.08. The summed E-state index contributed by atoms with van der Waals surface area (Å²) in [6, 6.07) is 14.4. The lowest BCUT2D eigenvalue weighted by Gasteiger charge is -2.30. The minimum atomic E-state index is 0.0801. The van der Waals surface area contributed by atoms with E-state index in [2.05, 4.69) is 26.3 Å². The summed E-state index contributed by atoms with van der Waals surface area (Å²) in [6.45, 7) is 0.729. The molecule has 1 aliphatic rings. The highest BCUT2D eigenvalue weighted by Gasteiger charge is 2.24. The van der Waals surface area contributed by atoms with Crippen molar-refractivity contribution >= 4 is 5.82 Å². The Hall–Kier alpha value is -2.79. The van der Waals surface area contributed by atoms with Crippen molar-refractivity contribution in [3.63, 3.8) is 0 Å². The maximum Gasteiger partial charge on any atom is 0.144 e. The largest absolute Gasteiger partial charge is 0.373 e. The van der Waals surface area contributed by atoms with Crippen LogP contribution >= 0.6 is 0 Å². The zero-order valence-corrected chi connectivity index (χ0v) is 13.9. The molecule has 5 heteroatoms. The highest BCUT2D eigenvalue weighted by atomic mass is 16.5. The van der Waals surface area contributed by atoms with Gasteiger partial charge in [-0.3, -0.25) is 9.97 Å². The molecule has 0 amide bonds. The number of nitrogens with one attached hydrogen (secondary N) is 1. The van der Waals surface area contributed by atoms with Crippen molar-refractivity contribution in [2.75, 3.05) is 11.9 Å². The lowest BCUT2D eigenvalue weighted by atomic mass is 9.98. The van der Waals surface area contributed by atoms with E-state index >= 15 is 0 Å². The summed E-state index contributed by atoms with van der Waals surface area (Å²) in [5.74, 6) is 0.802. The third-order valence-corrected chi connectivity index (χ3v) is 4.41. The zero-order valence-electron chi connectivity index (χ0n) is 13.9. The number of hydrogen-bond donors (Lipinski definition) is 1. The van der Waals surface area contributed by atoms with Gasteiger partial charge in [0, 0.05) is 30.6 Å². The Kier molecular flexibility index (Phi) is 4.65. The number of aromatic nitrogens is 3. The molecule has 0 aliphatic carbocycles. The van der Waals surface area contributed by atoms with Crippen LogP contribution in [-0.4, -0.2) is 27.6 Å². The second-order valence-electron chi connectivity index (χ2n) is 6.16. The fourth-order valence-corrected chi connectivity index (χ4v) is 3.10. The minimum Gasteiger partial charge on any atom is -0.373 e. The first-order valence-corrected chi connectivity index (χ1v) is 8.54. The maximum absolute atomic E-state index is 5.89. The quantitative estimate of drug-likeness (QED) is 0.786. The van der Waals surface area contributed by atoms with Gasteiger partial charge in [0.1, 0.15) is 5.82 Å². The summed E-state index contributed by atoms with van der Waals surface area (Å²) >= 11 is 0. The Morgan fingerprint density at radius 1 is 0.960 bits per heavy atom. The third-order valence-electron chi connectivity index (χ3n) is 4.41.